The number of aryl methyl sites for hydroxylation is 1. The Hall–Kier alpha value is -3.01. The average Bonchev–Trinajstić information content (AvgIpc) is 2.72. The van der Waals surface area contributed by atoms with Crippen LogP contribution in [0.4, 0.5) is 10.1 Å². The normalized spacial score (nSPS) is 14.6. The maximum atomic E-state index is 14.1. The third-order valence-corrected chi connectivity index (χ3v) is 5.11. The third-order valence-electron chi connectivity index (χ3n) is 5.11. The van der Waals surface area contributed by atoms with Crippen LogP contribution < -0.4 is 4.90 Å². The molecule has 0 spiro atoms. The first-order valence-electron chi connectivity index (χ1n) is 9.82. The van der Waals surface area contributed by atoms with Gasteiger partial charge in [-0.15, -0.1) is 5.10 Å². The minimum absolute atomic E-state index is 0.224. The van der Waals surface area contributed by atoms with Crippen LogP contribution in [0.3, 0.4) is 0 Å². The second-order valence-electron chi connectivity index (χ2n) is 7.30. The van der Waals surface area contributed by atoms with Crippen molar-refractivity contribution in [2.24, 2.45) is 0 Å². The Morgan fingerprint density at radius 2 is 1.75 bits per heavy atom. The smallest absolute Gasteiger partial charge is 0.124 e. The highest BCUT2D eigenvalue weighted by molar-refractivity contribution is 5.86. The second kappa shape index (κ2) is 8.34. The molecule has 3 nitrogen and oxygen atoms in total. The number of anilines is 1. The zero-order valence-corrected chi connectivity index (χ0v) is 16.1. The van der Waals surface area contributed by atoms with Crippen molar-refractivity contribution in [2.75, 3.05) is 18.0 Å². The van der Waals surface area contributed by atoms with Crippen LogP contribution >= 0.6 is 0 Å². The van der Waals surface area contributed by atoms with Gasteiger partial charge in [0.2, 0.25) is 0 Å². The van der Waals surface area contributed by atoms with E-state index in [1.54, 1.807) is 18.3 Å². The Bertz CT molecular complexity index is 956. The first kappa shape index (κ1) is 18.4. The zero-order valence-electron chi connectivity index (χ0n) is 16.1. The molecule has 1 aliphatic rings. The van der Waals surface area contributed by atoms with Crippen molar-refractivity contribution in [3.8, 4) is 11.1 Å². The summed E-state index contributed by atoms with van der Waals surface area (Å²) in [6.07, 6.45) is 9.40. The summed E-state index contributed by atoms with van der Waals surface area (Å²) < 4.78 is 14.1. The fraction of sp³-hybridized carbons (Fsp3) is 0.250. The summed E-state index contributed by atoms with van der Waals surface area (Å²) in [7, 11) is 0. The summed E-state index contributed by atoms with van der Waals surface area (Å²) in [6, 6.07) is 15.3. The van der Waals surface area contributed by atoms with Crippen LogP contribution in [0.15, 0.2) is 54.7 Å². The lowest BCUT2D eigenvalue weighted by Crippen LogP contribution is -2.30. The summed E-state index contributed by atoms with van der Waals surface area (Å²) in [6.45, 7) is 3.89. The molecule has 0 bridgehead atoms. The third kappa shape index (κ3) is 4.11. The van der Waals surface area contributed by atoms with Crippen molar-refractivity contribution < 1.29 is 4.39 Å². The quantitative estimate of drug-likeness (QED) is 0.583. The molecule has 0 atom stereocenters. The number of benzene rings is 2. The minimum Gasteiger partial charge on any atom is -0.369 e. The second-order valence-corrected chi connectivity index (χ2v) is 7.30. The van der Waals surface area contributed by atoms with Crippen molar-refractivity contribution in [3.05, 3.63) is 77.4 Å². The molecule has 2 heterocycles. The molecule has 2 aromatic carbocycles. The van der Waals surface area contributed by atoms with E-state index in [9.17, 15) is 4.39 Å². The van der Waals surface area contributed by atoms with Gasteiger partial charge in [0.15, 0.2) is 0 Å². The number of nitrogens with zero attached hydrogens (tertiary/aromatic N) is 3. The highest BCUT2D eigenvalue weighted by atomic mass is 19.1. The van der Waals surface area contributed by atoms with Gasteiger partial charge in [-0.3, -0.25) is 0 Å². The molecular weight excluding hydrogens is 349 g/mol. The molecule has 0 N–H and O–H groups in total. The van der Waals surface area contributed by atoms with E-state index in [0.717, 1.165) is 59.6 Å². The Balaban J connectivity index is 1.82. The molecule has 0 radical (unpaired) electrons. The molecule has 1 aromatic heterocycles. The molecule has 0 saturated carbocycles. The van der Waals surface area contributed by atoms with Crippen LogP contribution in [0.5, 0.6) is 0 Å². The summed E-state index contributed by atoms with van der Waals surface area (Å²) in [5.74, 6) is -0.224. The molecule has 1 fully saturated rings. The molecule has 0 unspecified atom stereocenters. The fourth-order valence-corrected chi connectivity index (χ4v) is 3.80. The highest BCUT2D eigenvalue weighted by Gasteiger charge is 2.20. The molecule has 4 heteroatoms. The van der Waals surface area contributed by atoms with Crippen molar-refractivity contribution in [2.45, 2.75) is 26.2 Å². The van der Waals surface area contributed by atoms with Gasteiger partial charge in [0.1, 0.15) is 11.5 Å². The van der Waals surface area contributed by atoms with E-state index in [1.165, 1.54) is 6.42 Å². The lowest BCUT2D eigenvalue weighted by atomic mass is 10.00. The van der Waals surface area contributed by atoms with E-state index in [-0.39, 0.29) is 5.82 Å². The van der Waals surface area contributed by atoms with E-state index < -0.39 is 0 Å². The Morgan fingerprint density at radius 3 is 2.50 bits per heavy atom. The summed E-state index contributed by atoms with van der Waals surface area (Å²) in [5.41, 5.74) is 5.67. The molecule has 0 amide bonds. The predicted molar refractivity (Wildman–Crippen MR) is 114 cm³/mol. The molecular formula is C24H24FN3. The Morgan fingerprint density at radius 1 is 0.964 bits per heavy atom. The van der Waals surface area contributed by atoms with Gasteiger partial charge in [0, 0.05) is 18.7 Å². The van der Waals surface area contributed by atoms with Crippen molar-refractivity contribution in [1.82, 2.24) is 10.2 Å². The fourth-order valence-electron chi connectivity index (χ4n) is 3.80. The maximum Gasteiger partial charge on any atom is 0.124 e. The number of aromatic nitrogens is 2. The number of hydrogen-bond donors (Lipinski definition) is 0. The monoisotopic (exact) mass is 373 g/mol. The largest absolute Gasteiger partial charge is 0.369 e. The topological polar surface area (TPSA) is 29.0 Å². The minimum atomic E-state index is -0.224. The van der Waals surface area contributed by atoms with E-state index in [1.807, 2.05) is 37.3 Å². The predicted octanol–water partition coefficient (Wildman–Crippen LogP) is 5.75. The SMILES string of the molecule is Cc1cc(F)cc(-c2cnnc(/C=C/c3ccccc3)c2N2CCCCC2)c1. The van der Waals surface area contributed by atoms with Gasteiger partial charge in [-0.2, -0.15) is 5.10 Å². The zero-order chi connectivity index (χ0) is 19.3. The van der Waals surface area contributed by atoms with Gasteiger partial charge in [-0.25, -0.2) is 4.39 Å². The first-order valence-corrected chi connectivity index (χ1v) is 9.82. The van der Waals surface area contributed by atoms with Crippen LogP contribution in [0.1, 0.15) is 36.1 Å². The number of piperidine rings is 1. The van der Waals surface area contributed by atoms with Gasteiger partial charge in [-0.05, 0) is 61.1 Å². The highest BCUT2D eigenvalue weighted by Crippen LogP contribution is 2.35. The number of halogens is 1. The van der Waals surface area contributed by atoms with Crippen LogP contribution in [0.25, 0.3) is 23.3 Å². The van der Waals surface area contributed by atoms with Crippen LogP contribution in [-0.4, -0.2) is 23.3 Å². The van der Waals surface area contributed by atoms with Crippen LogP contribution in [-0.2, 0) is 0 Å². The van der Waals surface area contributed by atoms with Crippen LogP contribution in [0, 0.1) is 12.7 Å². The lowest BCUT2D eigenvalue weighted by Gasteiger charge is -2.31. The maximum absolute atomic E-state index is 14.1. The van der Waals surface area contributed by atoms with E-state index in [0.29, 0.717) is 0 Å². The molecule has 1 aliphatic heterocycles. The number of rotatable bonds is 4. The number of hydrogen-bond acceptors (Lipinski definition) is 3. The van der Waals surface area contributed by atoms with Gasteiger partial charge in [-0.1, -0.05) is 42.5 Å². The standard InChI is InChI=1S/C24H24FN3/c1-18-14-20(16-21(25)15-18)22-17-26-27-23(11-10-19-8-4-2-5-9-19)24(22)28-12-6-3-7-13-28/h2,4-5,8-11,14-17H,3,6-7,12-13H2,1H3/b11-10+. The molecule has 142 valence electrons. The van der Waals surface area contributed by atoms with Gasteiger partial charge >= 0.3 is 0 Å². The average molecular weight is 373 g/mol. The summed E-state index contributed by atoms with van der Waals surface area (Å²) >= 11 is 0. The first-order chi connectivity index (χ1) is 13.7. The van der Waals surface area contributed by atoms with Crippen LogP contribution in [0.2, 0.25) is 0 Å². The van der Waals surface area contributed by atoms with Gasteiger partial charge in [0.05, 0.1) is 11.9 Å². The van der Waals surface area contributed by atoms with Crippen molar-refractivity contribution in [1.29, 1.82) is 0 Å². The molecule has 28 heavy (non-hydrogen) atoms. The molecule has 1 saturated heterocycles. The van der Waals surface area contributed by atoms with Gasteiger partial charge < -0.3 is 4.90 Å². The Kier molecular flexibility index (Phi) is 5.47. The van der Waals surface area contributed by atoms with E-state index >= 15 is 0 Å². The van der Waals surface area contributed by atoms with E-state index in [4.69, 9.17) is 0 Å². The van der Waals surface area contributed by atoms with Gasteiger partial charge in [0.25, 0.3) is 0 Å². The van der Waals surface area contributed by atoms with Crippen molar-refractivity contribution >= 4 is 17.8 Å². The van der Waals surface area contributed by atoms with Crippen molar-refractivity contribution in [3.63, 3.8) is 0 Å². The molecule has 4 rings (SSSR count). The van der Waals surface area contributed by atoms with E-state index in [2.05, 4.69) is 33.3 Å². The summed E-state index contributed by atoms with van der Waals surface area (Å²) in [4.78, 5) is 2.37. The lowest BCUT2D eigenvalue weighted by molar-refractivity contribution is 0.577. The summed E-state index contributed by atoms with van der Waals surface area (Å²) in [5, 5.41) is 8.67. The molecule has 3 aromatic rings. The molecule has 0 aliphatic carbocycles. The Labute approximate surface area is 165 Å².